The van der Waals surface area contributed by atoms with Gasteiger partial charge in [0.1, 0.15) is 12.6 Å². The number of carboxylic acids is 1. The first kappa shape index (κ1) is 22.4. The third kappa shape index (κ3) is 16.0. The minimum absolute atomic E-state index is 0.218. The lowest BCUT2D eigenvalue weighted by Crippen LogP contribution is -2.46. The predicted octanol–water partition coefficient (Wildman–Crippen LogP) is 4.21. The monoisotopic (exact) mass is 330 g/mol. The number of quaternary nitrogens is 1. The van der Waals surface area contributed by atoms with Gasteiger partial charge in [0.05, 0.1) is 27.1 Å². The molecule has 0 aliphatic rings. The van der Waals surface area contributed by atoms with Crippen LogP contribution in [0.5, 0.6) is 0 Å². The van der Waals surface area contributed by atoms with Crippen LogP contribution in [0.25, 0.3) is 0 Å². The fourth-order valence-electron chi connectivity index (χ4n) is 3.10. The van der Waals surface area contributed by atoms with Crippen molar-refractivity contribution in [2.75, 3.05) is 27.2 Å². The summed E-state index contributed by atoms with van der Waals surface area (Å²) in [4.78, 5) is 10.6. The number of aliphatic hydroxyl groups excluding tert-OH is 1. The molecule has 2 N–H and O–H groups in total. The van der Waals surface area contributed by atoms with Gasteiger partial charge < -0.3 is 14.7 Å². The van der Waals surface area contributed by atoms with E-state index in [4.69, 9.17) is 5.11 Å². The van der Waals surface area contributed by atoms with Crippen LogP contribution in [0.1, 0.15) is 84.0 Å². The zero-order valence-electron chi connectivity index (χ0n) is 15.7. The SMILES string of the molecule is CCCCCCCCCCCC(O)C[N+](C)(C)CCCC(=O)O. The van der Waals surface area contributed by atoms with Gasteiger partial charge in [-0.05, 0) is 6.42 Å². The number of unbranched alkanes of at least 4 members (excludes halogenated alkanes) is 8. The quantitative estimate of drug-likeness (QED) is 0.329. The summed E-state index contributed by atoms with van der Waals surface area (Å²) in [6.07, 6.45) is 13.2. The van der Waals surface area contributed by atoms with Crippen molar-refractivity contribution >= 4 is 5.97 Å². The minimum atomic E-state index is -0.736. The maximum atomic E-state index is 10.6. The molecule has 0 aliphatic heterocycles. The lowest BCUT2D eigenvalue weighted by Gasteiger charge is -2.31. The fourth-order valence-corrected chi connectivity index (χ4v) is 3.10. The van der Waals surface area contributed by atoms with Gasteiger partial charge in [-0.2, -0.15) is 0 Å². The lowest BCUT2D eigenvalue weighted by atomic mass is 10.0. The van der Waals surface area contributed by atoms with Crippen molar-refractivity contribution in [2.45, 2.75) is 90.1 Å². The molecule has 1 atom stereocenters. The summed E-state index contributed by atoms with van der Waals surface area (Å²) in [5.41, 5.74) is 0. The Morgan fingerprint density at radius 1 is 0.913 bits per heavy atom. The van der Waals surface area contributed by atoms with Gasteiger partial charge in [-0.25, -0.2) is 0 Å². The van der Waals surface area contributed by atoms with E-state index < -0.39 is 5.97 Å². The Balaban J connectivity index is 3.54. The molecule has 0 aromatic carbocycles. The number of likely N-dealkylation sites (N-methyl/N-ethyl adjacent to an activating group) is 1. The van der Waals surface area contributed by atoms with Crippen molar-refractivity contribution in [3.8, 4) is 0 Å². The van der Waals surface area contributed by atoms with Crippen molar-refractivity contribution in [1.29, 1.82) is 0 Å². The number of rotatable bonds is 16. The van der Waals surface area contributed by atoms with Gasteiger partial charge in [-0.1, -0.05) is 64.7 Å². The highest BCUT2D eigenvalue weighted by Crippen LogP contribution is 2.13. The third-order valence-corrected chi connectivity index (χ3v) is 4.50. The second-order valence-corrected chi connectivity index (χ2v) is 7.61. The van der Waals surface area contributed by atoms with E-state index in [1.54, 1.807) is 0 Å². The van der Waals surface area contributed by atoms with Crippen molar-refractivity contribution in [3.05, 3.63) is 0 Å². The van der Waals surface area contributed by atoms with Gasteiger partial charge in [0.25, 0.3) is 0 Å². The van der Waals surface area contributed by atoms with Crippen molar-refractivity contribution < 1.29 is 19.5 Å². The summed E-state index contributed by atoms with van der Waals surface area (Å²) in [6, 6.07) is 0. The Labute approximate surface area is 143 Å². The highest BCUT2D eigenvalue weighted by molar-refractivity contribution is 5.66. The molecule has 0 fully saturated rings. The predicted molar refractivity (Wildman–Crippen MR) is 96.6 cm³/mol. The second kappa shape index (κ2) is 13.8. The van der Waals surface area contributed by atoms with Crippen LogP contribution >= 0.6 is 0 Å². The molecule has 138 valence electrons. The summed E-state index contributed by atoms with van der Waals surface area (Å²) < 4.78 is 0.700. The molecule has 0 spiro atoms. The van der Waals surface area contributed by atoms with Gasteiger partial charge >= 0.3 is 5.97 Å². The number of aliphatic hydroxyl groups is 1. The maximum Gasteiger partial charge on any atom is 0.303 e. The van der Waals surface area contributed by atoms with E-state index in [1.165, 1.54) is 51.4 Å². The average molecular weight is 331 g/mol. The van der Waals surface area contributed by atoms with E-state index in [2.05, 4.69) is 21.0 Å². The molecule has 0 aliphatic carbocycles. The summed E-state index contributed by atoms with van der Waals surface area (Å²) >= 11 is 0. The molecule has 0 heterocycles. The molecule has 0 saturated carbocycles. The molecule has 1 unspecified atom stereocenters. The van der Waals surface area contributed by atoms with Crippen LogP contribution in [0, 0.1) is 0 Å². The summed E-state index contributed by atoms with van der Waals surface area (Å²) in [5, 5.41) is 18.8. The van der Waals surface area contributed by atoms with E-state index in [1.807, 2.05) is 0 Å². The fraction of sp³-hybridized carbons (Fsp3) is 0.947. The number of hydrogen-bond acceptors (Lipinski definition) is 2. The molecule has 0 saturated heterocycles. The first-order valence-electron chi connectivity index (χ1n) is 9.59. The Kier molecular flexibility index (Phi) is 13.4. The molecule has 0 radical (unpaired) electrons. The maximum absolute atomic E-state index is 10.6. The lowest BCUT2D eigenvalue weighted by molar-refractivity contribution is -0.893. The van der Waals surface area contributed by atoms with Crippen LogP contribution in [0.3, 0.4) is 0 Å². The van der Waals surface area contributed by atoms with Gasteiger partial charge in [-0.15, -0.1) is 0 Å². The van der Waals surface area contributed by atoms with Gasteiger partial charge in [-0.3, -0.25) is 4.79 Å². The highest BCUT2D eigenvalue weighted by atomic mass is 16.4. The van der Waals surface area contributed by atoms with Gasteiger partial charge in [0.2, 0.25) is 0 Å². The summed E-state index contributed by atoms with van der Waals surface area (Å²) in [7, 11) is 4.14. The van der Waals surface area contributed by atoms with E-state index in [9.17, 15) is 9.90 Å². The molecular formula is C19H40NO3+. The van der Waals surface area contributed by atoms with Crippen LogP contribution in [-0.2, 0) is 4.79 Å². The van der Waals surface area contributed by atoms with Gasteiger partial charge in [0, 0.05) is 6.42 Å². The number of carboxylic acid groups (broad SMARTS) is 1. The zero-order chi connectivity index (χ0) is 17.6. The van der Waals surface area contributed by atoms with Crippen molar-refractivity contribution in [2.24, 2.45) is 0 Å². The molecular weight excluding hydrogens is 290 g/mol. The van der Waals surface area contributed by atoms with Gasteiger partial charge in [0.15, 0.2) is 0 Å². The number of aliphatic carboxylic acids is 1. The Morgan fingerprint density at radius 3 is 1.96 bits per heavy atom. The molecule has 0 rings (SSSR count). The van der Waals surface area contributed by atoms with E-state index >= 15 is 0 Å². The highest BCUT2D eigenvalue weighted by Gasteiger charge is 2.20. The first-order valence-corrected chi connectivity index (χ1v) is 9.59. The van der Waals surface area contributed by atoms with Crippen LogP contribution in [-0.4, -0.2) is 54.0 Å². The summed E-state index contributed by atoms with van der Waals surface area (Å²) in [5.74, 6) is -0.736. The summed E-state index contributed by atoms with van der Waals surface area (Å²) in [6.45, 7) is 3.77. The molecule has 4 nitrogen and oxygen atoms in total. The Morgan fingerprint density at radius 2 is 1.43 bits per heavy atom. The molecule has 0 amide bonds. The number of nitrogens with zero attached hydrogens (tertiary/aromatic N) is 1. The van der Waals surface area contributed by atoms with E-state index in [0.29, 0.717) is 10.9 Å². The van der Waals surface area contributed by atoms with E-state index in [-0.39, 0.29) is 12.5 Å². The van der Waals surface area contributed by atoms with Crippen molar-refractivity contribution in [3.63, 3.8) is 0 Å². The second-order valence-electron chi connectivity index (χ2n) is 7.61. The van der Waals surface area contributed by atoms with Crippen LogP contribution < -0.4 is 0 Å². The standard InChI is InChI=1S/C19H39NO3/c1-4-5-6-7-8-9-10-11-12-14-18(21)17-20(2,3)16-13-15-19(22)23/h18,21H,4-17H2,1-3H3/p+1. The Bertz CT molecular complexity index is 292. The largest absolute Gasteiger partial charge is 0.481 e. The van der Waals surface area contributed by atoms with Crippen LogP contribution in [0.15, 0.2) is 0 Å². The van der Waals surface area contributed by atoms with Crippen molar-refractivity contribution in [1.82, 2.24) is 0 Å². The zero-order valence-corrected chi connectivity index (χ0v) is 15.7. The normalized spacial score (nSPS) is 13.2. The molecule has 0 bridgehead atoms. The molecule has 0 aromatic rings. The third-order valence-electron chi connectivity index (χ3n) is 4.50. The van der Waals surface area contributed by atoms with E-state index in [0.717, 1.165) is 25.9 Å². The van der Waals surface area contributed by atoms with Crippen LogP contribution in [0.2, 0.25) is 0 Å². The molecule has 4 heteroatoms. The smallest absolute Gasteiger partial charge is 0.303 e. The van der Waals surface area contributed by atoms with Crippen LogP contribution in [0.4, 0.5) is 0 Å². The minimum Gasteiger partial charge on any atom is -0.481 e. The molecule has 23 heavy (non-hydrogen) atoms. The number of carbonyl (C=O) groups is 1. The first-order chi connectivity index (χ1) is 10.9. The molecule has 0 aromatic heterocycles. The Hall–Kier alpha value is -0.610. The topological polar surface area (TPSA) is 57.5 Å². The number of hydrogen-bond donors (Lipinski definition) is 2. The average Bonchev–Trinajstić information content (AvgIpc) is 2.44.